The fourth-order valence-corrected chi connectivity index (χ4v) is 3.74. The third-order valence-electron chi connectivity index (χ3n) is 6.43. The molecular weight excluding hydrogens is 580 g/mol. The van der Waals surface area contributed by atoms with Crippen LogP contribution in [0, 0.1) is 0 Å². The fraction of sp³-hybridized carbons (Fsp3) is 0.535. The molecule has 0 fully saturated rings. The van der Waals surface area contributed by atoms with E-state index in [4.69, 9.17) is 4.74 Å². The van der Waals surface area contributed by atoms with Crippen molar-refractivity contribution in [2.45, 2.75) is 141 Å². The van der Waals surface area contributed by atoms with Gasteiger partial charge in [-0.3, -0.25) is 9.59 Å². The summed E-state index contributed by atoms with van der Waals surface area (Å²) < 4.78 is 9.26. The normalized spacial score (nSPS) is 11.5. The van der Waals surface area contributed by atoms with E-state index >= 15 is 0 Å². The van der Waals surface area contributed by atoms with E-state index in [2.05, 4.69) is 110 Å². The van der Waals surface area contributed by atoms with Crippen molar-refractivity contribution in [3.8, 4) is 0 Å². The Hall–Kier alpha value is -3.40. The molecule has 0 spiro atoms. The summed E-state index contributed by atoms with van der Waals surface area (Å²) in [5.41, 5.74) is 8.68. The van der Waals surface area contributed by atoms with Gasteiger partial charge in [0.25, 0.3) is 0 Å². The summed E-state index contributed by atoms with van der Waals surface area (Å²) in [4.78, 5) is 20.5. The zero-order valence-electron chi connectivity index (χ0n) is 31.3. The van der Waals surface area contributed by atoms with Crippen molar-refractivity contribution in [2.75, 3.05) is 13.2 Å². The highest BCUT2D eigenvalue weighted by Gasteiger charge is 1.93. The van der Waals surface area contributed by atoms with E-state index in [1.54, 1.807) is 0 Å². The number of ether oxygens (including phenoxy) is 2. The lowest BCUT2D eigenvalue weighted by Gasteiger charge is -2.01. The molecule has 4 nitrogen and oxygen atoms in total. The third-order valence-corrected chi connectivity index (χ3v) is 6.43. The van der Waals surface area contributed by atoms with Gasteiger partial charge in [0.05, 0.1) is 0 Å². The van der Waals surface area contributed by atoms with Crippen LogP contribution in [0.3, 0.4) is 0 Å². The zero-order chi connectivity index (χ0) is 35.6. The van der Waals surface area contributed by atoms with Crippen LogP contribution in [0.5, 0.6) is 0 Å². The van der Waals surface area contributed by atoms with Crippen LogP contribution in [0.4, 0.5) is 0 Å². The number of hydrogen-bond acceptors (Lipinski definition) is 4. The molecule has 0 saturated heterocycles. The molecule has 0 amide bonds. The summed E-state index contributed by atoms with van der Waals surface area (Å²) in [6.07, 6.45) is 32.4. The van der Waals surface area contributed by atoms with Gasteiger partial charge in [-0.15, -0.1) is 6.58 Å². The molecule has 0 unspecified atom stereocenters. The molecule has 0 heterocycles. The second kappa shape index (κ2) is 37.1. The van der Waals surface area contributed by atoms with Crippen molar-refractivity contribution in [1.82, 2.24) is 0 Å². The lowest BCUT2D eigenvalue weighted by Crippen LogP contribution is -1.97. The molecule has 0 radical (unpaired) electrons. The summed E-state index contributed by atoms with van der Waals surface area (Å²) in [7, 11) is 0. The molecule has 0 rings (SSSR count). The lowest BCUT2D eigenvalue weighted by molar-refractivity contribution is -0.140. The van der Waals surface area contributed by atoms with Crippen molar-refractivity contribution in [3.05, 3.63) is 107 Å². The molecule has 0 saturated carbocycles. The Bertz CT molecular complexity index is 1050. The molecule has 0 N–H and O–H groups in total. The molecule has 0 aromatic rings. The molecule has 0 aliphatic heterocycles. The summed E-state index contributed by atoms with van der Waals surface area (Å²) in [5.74, 6) is -0.497. The minimum atomic E-state index is -0.264. The molecule has 0 bridgehead atoms. The van der Waals surface area contributed by atoms with Crippen molar-refractivity contribution in [2.24, 2.45) is 0 Å². The summed E-state index contributed by atoms with van der Waals surface area (Å²) in [6.45, 7) is 28.0. The van der Waals surface area contributed by atoms with Gasteiger partial charge in [-0.05, 0) is 120 Å². The number of hydrogen-bond donors (Lipinski definition) is 0. The average molecular weight is 653 g/mol. The quantitative estimate of drug-likeness (QED) is 0.0970. The first kappa shape index (κ1) is 50.5. The maximum atomic E-state index is 10.6. The van der Waals surface area contributed by atoms with E-state index in [9.17, 15) is 9.59 Å². The summed E-state index contributed by atoms with van der Waals surface area (Å²) in [5, 5.41) is 0. The van der Waals surface area contributed by atoms with Crippen LogP contribution in [0.2, 0.25) is 0 Å². The monoisotopic (exact) mass is 653 g/mol. The maximum Gasteiger partial charge on any atom is 0.302 e. The zero-order valence-corrected chi connectivity index (χ0v) is 31.3. The predicted octanol–water partition coefficient (Wildman–Crippen LogP) is 13.3. The van der Waals surface area contributed by atoms with E-state index in [0.29, 0.717) is 13.2 Å². The van der Waals surface area contributed by atoms with Crippen LogP contribution >= 0.6 is 0 Å². The van der Waals surface area contributed by atoms with Gasteiger partial charge in [-0.1, -0.05) is 108 Å². The van der Waals surface area contributed by atoms with Crippen molar-refractivity contribution in [1.29, 1.82) is 0 Å². The van der Waals surface area contributed by atoms with Gasteiger partial charge in [-0.25, -0.2) is 0 Å². The molecule has 0 aliphatic rings. The lowest BCUT2D eigenvalue weighted by atomic mass is 10.1. The molecule has 4 heteroatoms. The van der Waals surface area contributed by atoms with Crippen LogP contribution in [0.15, 0.2) is 107 Å². The molecule has 0 aromatic heterocycles. The highest BCUT2D eigenvalue weighted by atomic mass is 16.5. The second-order valence-electron chi connectivity index (χ2n) is 12.0. The van der Waals surface area contributed by atoms with Gasteiger partial charge in [0, 0.05) is 13.8 Å². The first-order valence-corrected chi connectivity index (χ1v) is 16.8. The van der Waals surface area contributed by atoms with Gasteiger partial charge in [0.15, 0.2) is 0 Å². The Labute approximate surface area is 291 Å². The number of carbonyl (C=O) groups excluding carboxylic acids is 2. The standard InChI is InChI=1S/C20H32O2.C17H28.C5H8O2.CH4/c1-17(2)11-9-13-19(4)15-10-14-18(3)12-7-6-8-16-22-20(5)21;1-6-7-11-16(4)13-9-14-17(5)12-8-10-15(2)3;1-3-4-7-5(2)6;/h6,8,11-12,15H,7,9-10,13-14,16H2,1-5H3;6,10-11,14H,1,7-9,12-13H2,2-5H3;3H,1,4H2,2H3;1H4/b8-6+,18-12?,19-15+;16-11?,17-14+;;. The highest BCUT2D eigenvalue weighted by molar-refractivity contribution is 5.66. The summed E-state index contributed by atoms with van der Waals surface area (Å²) in [6, 6.07) is 0. The maximum absolute atomic E-state index is 10.6. The van der Waals surface area contributed by atoms with E-state index in [0.717, 1.165) is 38.5 Å². The van der Waals surface area contributed by atoms with Crippen LogP contribution in [0.1, 0.15) is 141 Å². The molecule has 268 valence electrons. The minimum Gasteiger partial charge on any atom is -0.462 e. The average Bonchev–Trinajstić information content (AvgIpc) is 2.97. The van der Waals surface area contributed by atoms with Crippen molar-refractivity contribution < 1.29 is 19.1 Å². The van der Waals surface area contributed by atoms with E-state index in [1.165, 1.54) is 79.0 Å². The third kappa shape index (κ3) is 49.7. The topological polar surface area (TPSA) is 52.6 Å². The van der Waals surface area contributed by atoms with E-state index in [-0.39, 0.29) is 19.4 Å². The number of rotatable bonds is 20. The first-order valence-electron chi connectivity index (χ1n) is 16.8. The van der Waals surface area contributed by atoms with Gasteiger partial charge >= 0.3 is 11.9 Å². The minimum absolute atomic E-state index is 0. The Kier molecular flexibility index (Phi) is 39.8. The van der Waals surface area contributed by atoms with Crippen LogP contribution in [0.25, 0.3) is 0 Å². The number of carbonyl (C=O) groups is 2. The van der Waals surface area contributed by atoms with Crippen LogP contribution in [-0.2, 0) is 19.1 Å². The number of esters is 2. The summed E-state index contributed by atoms with van der Waals surface area (Å²) >= 11 is 0. The Balaban J connectivity index is -0.000000328. The van der Waals surface area contributed by atoms with E-state index in [1.807, 2.05) is 18.2 Å². The van der Waals surface area contributed by atoms with Crippen molar-refractivity contribution in [3.63, 3.8) is 0 Å². The largest absolute Gasteiger partial charge is 0.462 e. The molecule has 0 atom stereocenters. The van der Waals surface area contributed by atoms with Gasteiger partial charge < -0.3 is 9.47 Å². The van der Waals surface area contributed by atoms with Crippen LogP contribution in [-0.4, -0.2) is 25.2 Å². The molecular formula is C43H72O4. The predicted molar refractivity (Wildman–Crippen MR) is 210 cm³/mol. The van der Waals surface area contributed by atoms with Gasteiger partial charge in [-0.2, -0.15) is 0 Å². The first-order chi connectivity index (χ1) is 21.7. The fourth-order valence-electron chi connectivity index (χ4n) is 3.74. The Morgan fingerprint density at radius 1 is 0.468 bits per heavy atom. The second-order valence-corrected chi connectivity index (χ2v) is 12.0. The SMILES string of the molecule is C.C=CCC=C(C)CC/C=C(\C)CCC=C(C)C.C=CCOC(C)=O.CC(=O)OC/C=C/CC=C(C)CC/C=C(\C)CCC=C(C)C. The van der Waals surface area contributed by atoms with Gasteiger partial charge in [0.1, 0.15) is 13.2 Å². The Morgan fingerprint density at radius 3 is 1.17 bits per heavy atom. The smallest absolute Gasteiger partial charge is 0.302 e. The molecule has 0 aliphatic carbocycles. The van der Waals surface area contributed by atoms with Gasteiger partial charge in [0.2, 0.25) is 0 Å². The Morgan fingerprint density at radius 2 is 0.830 bits per heavy atom. The molecule has 47 heavy (non-hydrogen) atoms. The number of allylic oxidation sites excluding steroid dienone is 14. The van der Waals surface area contributed by atoms with Crippen LogP contribution < -0.4 is 0 Å². The highest BCUT2D eigenvalue weighted by Crippen LogP contribution is 2.13. The molecule has 0 aromatic carbocycles. The van der Waals surface area contributed by atoms with Crippen molar-refractivity contribution >= 4 is 11.9 Å². The van der Waals surface area contributed by atoms with E-state index < -0.39 is 0 Å².